The molecule has 0 unspecified atom stereocenters. The molecule has 0 N–H and O–H groups in total. The second kappa shape index (κ2) is 13.2. The fourth-order valence-electron chi connectivity index (χ4n) is 1.34. The maximum absolute atomic E-state index is 4.32. The predicted molar refractivity (Wildman–Crippen MR) is 70.7 cm³/mol. The molecule has 0 spiro atoms. The smallest absolute Gasteiger partial charge is 0.0389 e. The molecule has 0 atom stereocenters. The van der Waals surface area contributed by atoms with E-state index in [9.17, 15) is 0 Å². The Kier molecular flexibility index (Phi) is 12.4. The number of aliphatic imine (C=N–C) groups is 1. The van der Waals surface area contributed by atoms with E-state index in [1.807, 2.05) is 37.4 Å². The quantitative estimate of drug-likeness (QED) is 0.299. The van der Waals surface area contributed by atoms with Crippen LogP contribution < -0.4 is 0 Å². The molecule has 0 aromatic carbocycles. The highest BCUT2D eigenvalue weighted by Crippen LogP contribution is 2.04. The third-order valence-electron chi connectivity index (χ3n) is 2.25. The van der Waals surface area contributed by atoms with Crippen LogP contribution in [-0.4, -0.2) is 12.8 Å². The summed E-state index contributed by atoms with van der Waals surface area (Å²) >= 11 is 0. The van der Waals surface area contributed by atoms with E-state index in [0.717, 1.165) is 6.54 Å². The van der Waals surface area contributed by atoms with Crippen molar-refractivity contribution in [2.24, 2.45) is 4.99 Å². The normalized spacial score (nSPS) is 12.4. The highest BCUT2D eigenvalue weighted by atomic mass is 14.7. The average molecular weight is 207 g/mol. The van der Waals surface area contributed by atoms with Crippen molar-refractivity contribution < 1.29 is 0 Å². The van der Waals surface area contributed by atoms with Gasteiger partial charge in [0, 0.05) is 12.8 Å². The van der Waals surface area contributed by atoms with E-state index < -0.39 is 0 Å². The molecule has 1 heteroatoms. The predicted octanol–water partition coefficient (Wildman–Crippen LogP) is 4.55. The molecule has 0 fully saturated rings. The van der Waals surface area contributed by atoms with Crippen LogP contribution in [0.1, 0.15) is 52.4 Å². The third-order valence-corrected chi connectivity index (χ3v) is 2.25. The summed E-state index contributed by atoms with van der Waals surface area (Å²) < 4.78 is 0. The van der Waals surface area contributed by atoms with Crippen molar-refractivity contribution in [3.05, 3.63) is 24.3 Å². The SMILES string of the molecule is C\C=C/C=C\C=N\CCCCCCCC. The topological polar surface area (TPSA) is 12.4 Å². The molecule has 0 saturated carbocycles. The minimum atomic E-state index is 0.978. The summed E-state index contributed by atoms with van der Waals surface area (Å²) in [6.07, 6.45) is 17.9. The number of allylic oxidation sites excluding steroid dienone is 4. The van der Waals surface area contributed by atoms with Crippen LogP contribution in [0.25, 0.3) is 0 Å². The van der Waals surface area contributed by atoms with E-state index in [0.29, 0.717) is 0 Å². The summed E-state index contributed by atoms with van der Waals surface area (Å²) in [6, 6.07) is 0. The van der Waals surface area contributed by atoms with E-state index in [1.165, 1.54) is 38.5 Å². The average Bonchev–Trinajstić information content (AvgIpc) is 2.26. The second-order valence-corrected chi connectivity index (χ2v) is 3.73. The maximum atomic E-state index is 4.32. The molecule has 15 heavy (non-hydrogen) atoms. The molecule has 0 amide bonds. The first-order valence-corrected chi connectivity index (χ1v) is 6.19. The second-order valence-electron chi connectivity index (χ2n) is 3.73. The molecule has 0 aliphatic rings. The molecule has 0 heterocycles. The molecule has 0 aliphatic carbocycles. The largest absolute Gasteiger partial charge is 0.293 e. The minimum Gasteiger partial charge on any atom is -0.293 e. The summed E-state index contributed by atoms with van der Waals surface area (Å²) in [5.41, 5.74) is 0. The van der Waals surface area contributed by atoms with E-state index in [-0.39, 0.29) is 0 Å². The monoisotopic (exact) mass is 207 g/mol. The first-order valence-electron chi connectivity index (χ1n) is 6.19. The van der Waals surface area contributed by atoms with E-state index >= 15 is 0 Å². The number of rotatable bonds is 9. The standard InChI is InChI=1S/C14H25N/c1-3-5-7-9-10-12-14-15-13-11-8-6-4-2/h4,6,8,11,13H,3,5,7,9-10,12,14H2,1-2H3/b6-4-,11-8-,15-13+. The lowest BCUT2D eigenvalue weighted by molar-refractivity contribution is 0.613. The van der Waals surface area contributed by atoms with Crippen LogP contribution in [0.3, 0.4) is 0 Å². The van der Waals surface area contributed by atoms with Crippen molar-refractivity contribution in [1.82, 2.24) is 0 Å². The third kappa shape index (κ3) is 13.2. The molecular weight excluding hydrogens is 182 g/mol. The summed E-state index contributed by atoms with van der Waals surface area (Å²) in [4.78, 5) is 4.32. The van der Waals surface area contributed by atoms with Crippen molar-refractivity contribution in [2.75, 3.05) is 6.54 Å². The highest BCUT2D eigenvalue weighted by Gasteiger charge is 1.87. The molecule has 0 aliphatic heterocycles. The van der Waals surface area contributed by atoms with Gasteiger partial charge in [-0.25, -0.2) is 0 Å². The zero-order chi connectivity index (χ0) is 11.2. The van der Waals surface area contributed by atoms with Crippen molar-refractivity contribution in [3.8, 4) is 0 Å². The van der Waals surface area contributed by atoms with E-state index in [4.69, 9.17) is 0 Å². The number of hydrogen-bond donors (Lipinski definition) is 0. The van der Waals surface area contributed by atoms with Gasteiger partial charge in [0.05, 0.1) is 0 Å². The van der Waals surface area contributed by atoms with Crippen LogP contribution in [0.2, 0.25) is 0 Å². The first-order chi connectivity index (χ1) is 7.41. The number of unbranched alkanes of at least 4 members (excludes halogenated alkanes) is 5. The van der Waals surface area contributed by atoms with Gasteiger partial charge in [0.2, 0.25) is 0 Å². The fourth-order valence-corrected chi connectivity index (χ4v) is 1.34. The summed E-state index contributed by atoms with van der Waals surface area (Å²) in [6.45, 7) is 5.24. The van der Waals surface area contributed by atoms with E-state index in [1.54, 1.807) is 0 Å². The molecule has 0 bridgehead atoms. The van der Waals surface area contributed by atoms with Gasteiger partial charge < -0.3 is 0 Å². The molecule has 0 aromatic heterocycles. The Morgan fingerprint density at radius 3 is 2.33 bits per heavy atom. The molecule has 0 radical (unpaired) electrons. The van der Waals surface area contributed by atoms with Crippen LogP contribution in [0.4, 0.5) is 0 Å². The Balaban J connectivity index is 3.16. The van der Waals surface area contributed by atoms with Gasteiger partial charge in [-0.3, -0.25) is 4.99 Å². The van der Waals surface area contributed by atoms with Gasteiger partial charge >= 0.3 is 0 Å². The zero-order valence-electron chi connectivity index (χ0n) is 10.3. The minimum absolute atomic E-state index is 0.978. The van der Waals surface area contributed by atoms with Crippen LogP contribution >= 0.6 is 0 Å². The van der Waals surface area contributed by atoms with Crippen LogP contribution in [0.15, 0.2) is 29.3 Å². The Morgan fingerprint density at radius 1 is 0.867 bits per heavy atom. The Labute approximate surface area is 95.0 Å². The molecule has 0 aromatic rings. The van der Waals surface area contributed by atoms with E-state index in [2.05, 4.69) is 11.9 Å². The van der Waals surface area contributed by atoms with Gasteiger partial charge in [-0.1, -0.05) is 57.3 Å². The van der Waals surface area contributed by atoms with Gasteiger partial charge in [0.15, 0.2) is 0 Å². The molecule has 0 rings (SSSR count). The fraction of sp³-hybridized carbons (Fsp3) is 0.643. The van der Waals surface area contributed by atoms with Gasteiger partial charge in [-0.2, -0.15) is 0 Å². The Bertz CT molecular complexity index is 190. The summed E-state index contributed by atoms with van der Waals surface area (Å²) in [5, 5.41) is 0. The van der Waals surface area contributed by atoms with Gasteiger partial charge in [-0.15, -0.1) is 0 Å². The molecule has 86 valence electrons. The summed E-state index contributed by atoms with van der Waals surface area (Å²) in [5.74, 6) is 0. The first kappa shape index (κ1) is 14.2. The Hall–Kier alpha value is -0.850. The lowest BCUT2D eigenvalue weighted by Crippen LogP contribution is -1.83. The van der Waals surface area contributed by atoms with Crippen molar-refractivity contribution in [1.29, 1.82) is 0 Å². The van der Waals surface area contributed by atoms with Gasteiger partial charge in [-0.05, 0) is 19.4 Å². The number of nitrogens with zero attached hydrogens (tertiary/aromatic N) is 1. The molecule has 1 nitrogen and oxygen atoms in total. The van der Waals surface area contributed by atoms with Gasteiger partial charge in [0.1, 0.15) is 0 Å². The van der Waals surface area contributed by atoms with Crippen molar-refractivity contribution in [3.63, 3.8) is 0 Å². The maximum Gasteiger partial charge on any atom is 0.0389 e. The zero-order valence-corrected chi connectivity index (χ0v) is 10.3. The lowest BCUT2D eigenvalue weighted by Gasteiger charge is -1.96. The van der Waals surface area contributed by atoms with Gasteiger partial charge in [0.25, 0.3) is 0 Å². The summed E-state index contributed by atoms with van der Waals surface area (Å²) in [7, 11) is 0. The molecular formula is C14H25N. The van der Waals surface area contributed by atoms with Crippen LogP contribution in [0, 0.1) is 0 Å². The molecule has 0 saturated heterocycles. The van der Waals surface area contributed by atoms with Crippen molar-refractivity contribution >= 4 is 6.21 Å². The lowest BCUT2D eigenvalue weighted by atomic mass is 10.1. The van der Waals surface area contributed by atoms with Crippen molar-refractivity contribution in [2.45, 2.75) is 52.4 Å². The van der Waals surface area contributed by atoms with Crippen LogP contribution in [-0.2, 0) is 0 Å². The van der Waals surface area contributed by atoms with Crippen LogP contribution in [0.5, 0.6) is 0 Å². The highest BCUT2D eigenvalue weighted by molar-refractivity contribution is 5.71. The Morgan fingerprint density at radius 2 is 1.60 bits per heavy atom. The number of hydrogen-bond acceptors (Lipinski definition) is 1.